The number of benzene rings is 1. The molecule has 2 heterocycles. The maximum absolute atomic E-state index is 13.1. The SMILES string of the molecule is O=S(=O)(c1cccc2nsnc12)N(Cc1ccco1)C1CC1. The lowest BCUT2D eigenvalue weighted by atomic mass is 10.3. The fraction of sp³-hybridized carbons (Fsp3) is 0.286. The Morgan fingerprint density at radius 1 is 1.23 bits per heavy atom. The molecule has 8 heteroatoms. The molecule has 2 aromatic heterocycles. The summed E-state index contributed by atoms with van der Waals surface area (Å²) in [6.07, 6.45) is 3.31. The van der Waals surface area contributed by atoms with Crippen LogP contribution in [0.5, 0.6) is 0 Å². The summed E-state index contributed by atoms with van der Waals surface area (Å²) in [6, 6.07) is 8.65. The standard InChI is InChI=1S/C14H13N3O3S2/c18-22(19,13-5-1-4-12-14(13)16-21-15-12)17(10-6-7-10)9-11-3-2-8-20-11/h1-5,8,10H,6-7,9H2. The third-order valence-electron chi connectivity index (χ3n) is 3.68. The van der Waals surface area contributed by atoms with Gasteiger partial charge in [0, 0.05) is 6.04 Å². The van der Waals surface area contributed by atoms with E-state index in [2.05, 4.69) is 8.75 Å². The number of hydrogen-bond donors (Lipinski definition) is 0. The molecule has 0 saturated heterocycles. The van der Waals surface area contributed by atoms with Crippen LogP contribution in [0, 0.1) is 0 Å². The first kappa shape index (κ1) is 13.9. The Bertz CT molecular complexity index is 898. The number of aromatic nitrogens is 2. The van der Waals surface area contributed by atoms with Crippen molar-refractivity contribution in [3.63, 3.8) is 0 Å². The largest absolute Gasteiger partial charge is 0.468 e. The molecule has 1 saturated carbocycles. The van der Waals surface area contributed by atoms with Gasteiger partial charge >= 0.3 is 0 Å². The number of fused-ring (bicyclic) bond motifs is 1. The molecular weight excluding hydrogens is 322 g/mol. The Hall–Kier alpha value is -1.77. The second kappa shape index (κ2) is 5.15. The van der Waals surface area contributed by atoms with Crippen LogP contribution in [0.4, 0.5) is 0 Å². The van der Waals surface area contributed by atoms with Crippen molar-refractivity contribution in [2.24, 2.45) is 0 Å². The van der Waals surface area contributed by atoms with E-state index >= 15 is 0 Å². The van der Waals surface area contributed by atoms with Crippen molar-refractivity contribution in [1.29, 1.82) is 0 Å². The molecule has 3 aromatic rings. The summed E-state index contributed by atoms with van der Waals surface area (Å²) in [4.78, 5) is 0.220. The van der Waals surface area contributed by atoms with Gasteiger partial charge in [0.15, 0.2) is 0 Å². The quantitative estimate of drug-likeness (QED) is 0.716. The number of furan rings is 1. The van der Waals surface area contributed by atoms with Crippen LogP contribution in [0.3, 0.4) is 0 Å². The molecule has 0 spiro atoms. The van der Waals surface area contributed by atoms with Gasteiger partial charge < -0.3 is 4.42 Å². The first-order chi connectivity index (χ1) is 10.7. The Labute approximate surface area is 131 Å². The minimum atomic E-state index is -3.63. The molecule has 6 nitrogen and oxygen atoms in total. The highest BCUT2D eigenvalue weighted by atomic mass is 32.2. The summed E-state index contributed by atoms with van der Waals surface area (Å²) in [5, 5.41) is 0. The summed E-state index contributed by atoms with van der Waals surface area (Å²) >= 11 is 1.02. The lowest BCUT2D eigenvalue weighted by Crippen LogP contribution is -2.32. The van der Waals surface area contributed by atoms with Crippen LogP contribution < -0.4 is 0 Å². The summed E-state index contributed by atoms with van der Waals surface area (Å²) in [6.45, 7) is 0.244. The second-order valence-electron chi connectivity index (χ2n) is 5.25. The molecule has 0 unspecified atom stereocenters. The van der Waals surface area contributed by atoms with E-state index in [0.717, 1.165) is 24.6 Å². The average Bonchev–Trinajstić information content (AvgIpc) is 3.02. The van der Waals surface area contributed by atoms with Gasteiger partial charge in [0.25, 0.3) is 0 Å². The Kier molecular flexibility index (Phi) is 3.24. The molecule has 0 N–H and O–H groups in total. The van der Waals surface area contributed by atoms with E-state index in [1.54, 1.807) is 36.6 Å². The maximum atomic E-state index is 13.1. The predicted octanol–water partition coefficient (Wildman–Crippen LogP) is 2.64. The molecule has 22 heavy (non-hydrogen) atoms. The second-order valence-corrected chi connectivity index (χ2v) is 7.64. The molecule has 1 aliphatic carbocycles. The number of sulfonamides is 1. The molecule has 1 aliphatic rings. The van der Waals surface area contributed by atoms with E-state index in [1.807, 2.05) is 0 Å². The zero-order chi connectivity index (χ0) is 15.2. The van der Waals surface area contributed by atoms with E-state index in [-0.39, 0.29) is 17.5 Å². The minimum absolute atomic E-state index is 0.0388. The molecule has 0 bridgehead atoms. The maximum Gasteiger partial charge on any atom is 0.246 e. The summed E-state index contributed by atoms with van der Waals surface area (Å²) in [7, 11) is -3.63. The fourth-order valence-electron chi connectivity index (χ4n) is 2.44. The summed E-state index contributed by atoms with van der Waals surface area (Å²) < 4.78 is 41.2. The first-order valence-electron chi connectivity index (χ1n) is 6.92. The predicted molar refractivity (Wildman–Crippen MR) is 81.9 cm³/mol. The van der Waals surface area contributed by atoms with Gasteiger partial charge in [-0.2, -0.15) is 13.1 Å². The Morgan fingerprint density at radius 2 is 2.09 bits per heavy atom. The van der Waals surface area contributed by atoms with Gasteiger partial charge in [-0.3, -0.25) is 0 Å². The van der Waals surface area contributed by atoms with Crippen LogP contribution >= 0.6 is 11.7 Å². The monoisotopic (exact) mass is 335 g/mol. The van der Waals surface area contributed by atoms with Crippen molar-refractivity contribution >= 4 is 32.8 Å². The van der Waals surface area contributed by atoms with Crippen LogP contribution in [-0.4, -0.2) is 27.5 Å². The highest BCUT2D eigenvalue weighted by Gasteiger charge is 2.39. The van der Waals surface area contributed by atoms with Crippen molar-refractivity contribution < 1.29 is 12.8 Å². The minimum Gasteiger partial charge on any atom is -0.468 e. The lowest BCUT2D eigenvalue weighted by Gasteiger charge is -2.20. The fourth-order valence-corrected chi connectivity index (χ4v) is 4.85. The van der Waals surface area contributed by atoms with Crippen molar-refractivity contribution in [1.82, 2.24) is 13.1 Å². The Morgan fingerprint density at radius 3 is 2.82 bits per heavy atom. The highest BCUT2D eigenvalue weighted by molar-refractivity contribution is 7.89. The third kappa shape index (κ3) is 2.33. The van der Waals surface area contributed by atoms with Gasteiger partial charge in [-0.25, -0.2) is 8.42 Å². The first-order valence-corrected chi connectivity index (χ1v) is 9.09. The Balaban J connectivity index is 1.79. The molecule has 0 radical (unpaired) electrons. The molecule has 1 aromatic carbocycles. The van der Waals surface area contributed by atoms with Crippen LogP contribution in [-0.2, 0) is 16.6 Å². The van der Waals surface area contributed by atoms with E-state index in [1.165, 1.54) is 4.31 Å². The number of hydrogen-bond acceptors (Lipinski definition) is 6. The van der Waals surface area contributed by atoms with Gasteiger partial charge in [0.05, 0.1) is 24.5 Å². The van der Waals surface area contributed by atoms with Crippen LogP contribution in [0.1, 0.15) is 18.6 Å². The van der Waals surface area contributed by atoms with Crippen LogP contribution in [0.25, 0.3) is 11.0 Å². The molecule has 114 valence electrons. The zero-order valence-electron chi connectivity index (χ0n) is 11.5. The van der Waals surface area contributed by atoms with Crippen molar-refractivity contribution in [2.75, 3.05) is 0 Å². The smallest absolute Gasteiger partial charge is 0.246 e. The summed E-state index contributed by atoms with van der Waals surface area (Å²) in [5.41, 5.74) is 1.05. The van der Waals surface area contributed by atoms with Gasteiger partial charge in [0.2, 0.25) is 10.0 Å². The molecule has 1 fully saturated rings. The van der Waals surface area contributed by atoms with Crippen LogP contribution in [0.15, 0.2) is 45.9 Å². The lowest BCUT2D eigenvalue weighted by molar-refractivity contribution is 0.357. The van der Waals surface area contributed by atoms with Gasteiger partial charge in [-0.05, 0) is 37.1 Å². The molecule has 0 amide bonds. The molecule has 4 rings (SSSR count). The van der Waals surface area contributed by atoms with Gasteiger partial charge in [-0.1, -0.05) is 6.07 Å². The third-order valence-corrected chi connectivity index (χ3v) is 6.15. The van der Waals surface area contributed by atoms with Crippen molar-refractivity contribution in [2.45, 2.75) is 30.3 Å². The summed E-state index contributed by atoms with van der Waals surface area (Å²) in [5.74, 6) is 0.638. The van der Waals surface area contributed by atoms with Crippen LogP contribution in [0.2, 0.25) is 0 Å². The normalized spacial score (nSPS) is 15.7. The molecular formula is C14H13N3O3S2. The van der Waals surface area contributed by atoms with E-state index in [4.69, 9.17) is 4.42 Å². The van der Waals surface area contributed by atoms with E-state index < -0.39 is 10.0 Å². The van der Waals surface area contributed by atoms with Gasteiger partial charge in [0.1, 0.15) is 21.7 Å². The van der Waals surface area contributed by atoms with Crippen molar-refractivity contribution in [3.8, 4) is 0 Å². The van der Waals surface area contributed by atoms with E-state index in [9.17, 15) is 8.42 Å². The number of rotatable bonds is 5. The molecule has 0 aliphatic heterocycles. The van der Waals surface area contributed by atoms with Gasteiger partial charge in [-0.15, -0.1) is 0 Å². The average molecular weight is 335 g/mol. The van der Waals surface area contributed by atoms with Crippen molar-refractivity contribution in [3.05, 3.63) is 42.4 Å². The zero-order valence-corrected chi connectivity index (χ0v) is 13.2. The van der Waals surface area contributed by atoms with E-state index in [0.29, 0.717) is 16.8 Å². The number of nitrogens with zero attached hydrogens (tertiary/aromatic N) is 3. The molecule has 0 atom stereocenters. The topological polar surface area (TPSA) is 76.3 Å². The highest BCUT2D eigenvalue weighted by Crippen LogP contribution is 2.35.